The highest BCUT2D eigenvalue weighted by Gasteiger charge is 2.25. The zero-order chi connectivity index (χ0) is 76.0. The van der Waals surface area contributed by atoms with Crippen molar-refractivity contribution in [3.05, 3.63) is 207 Å². The summed E-state index contributed by atoms with van der Waals surface area (Å²) in [7, 11) is 5.97. The van der Waals surface area contributed by atoms with Crippen LogP contribution in [0.2, 0.25) is 0 Å². The second kappa shape index (κ2) is 83.5. The van der Waals surface area contributed by atoms with Gasteiger partial charge in [0.1, 0.15) is 13.2 Å². The van der Waals surface area contributed by atoms with Gasteiger partial charge in [0, 0.05) is 12.8 Å². The normalized spacial score (nSPS) is 13.7. The van der Waals surface area contributed by atoms with Crippen LogP contribution in [0, 0.1) is 0 Å². The van der Waals surface area contributed by atoms with Crippen molar-refractivity contribution in [1.82, 2.24) is 0 Å². The molecule has 0 aromatic rings. The van der Waals surface area contributed by atoms with E-state index in [1.807, 2.05) is 21.1 Å². The van der Waals surface area contributed by atoms with Crippen LogP contribution in [-0.2, 0) is 33.3 Å². The Labute approximate surface area is 645 Å². The molecule has 2 unspecified atom stereocenters. The topological polar surface area (TPSA) is 108 Å². The number of carboxylic acid groups (broad SMARTS) is 1. The number of hydrogen-bond donors (Lipinski definition) is 1. The van der Waals surface area contributed by atoms with Crippen LogP contribution in [0.15, 0.2) is 207 Å². The molecule has 0 saturated heterocycles. The molecule has 0 aliphatic carbocycles. The van der Waals surface area contributed by atoms with Crippen molar-refractivity contribution in [3.63, 3.8) is 0 Å². The van der Waals surface area contributed by atoms with Gasteiger partial charge in [0.2, 0.25) is 0 Å². The molecule has 0 rings (SSSR count). The highest BCUT2D eigenvalue weighted by atomic mass is 16.7. The Morgan fingerprint density at radius 2 is 0.514 bits per heavy atom. The second-order valence-corrected chi connectivity index (χ2v) is 28.7. The number of carbonyl (C=O) groups is 3. The summed E-state index contributed by atoms with van der Waals surface area (Å²) in [6, 6.07) is 0. The third kappa shape index (κ3) is 85.0. The second-order valence-electron chi connectivity index (χ2n) is 28.7. The first-order valence-corrected chi connectivity index (χ1v) is 42.2. The van der Waals surface area contributed by atoms with Crippen molar-refractivity contribution in [1.29, 1.82) is 0 Å². The number of hydrogen-bond acceptors (Lipinski definition) is 7. The fourth-order valence-corrected chi connectivity index (χ4v) is 11.2. The first kappa shape index (κ1) is 98.9. The summed E-state index contributed by atoms with van der Waals surface area (Å²) in [4.78, 5) is 37.8. The van der Waals surface area contributed by atoms with Gasteiger partial charge in [-0.3, -0.25) is 9.59 Å². The van der Waals surface area contributed by atoms with Crippen molar-refractivity contribution in [2.24, 2.45) is 0 Å². The lowest BCUT2D eigenvalue weighted by molar-refractivity contribution is -0.870. The summed E-state index contributed by atoms with van der Waals surface area (Å²) in [5, 5.41) is 9.78. The van der Waals surface area contributed by atoms with Crippen molar-refractivity contribution < 1.29 is 42.9 Å². The summed E-state index contributed by atoms with van der Waals surface area (Å²) in [6.45, 7) is 4.63. The van der Waals surface area contributed by atoms with E-state index in [1.54, 1.807) is 0 Å². The van der Waals surface area contributed by atoms with Crippen LogP contribution in [0.4, 0.5) is 0 Å². The van der Waals surface area contributed by atoms with Gasteiger partial charge in [-0.25, -0.2) is 4.79 Å². The standard InChI is InChI=1S/C96H155NO8/c1-6-8-10-12-14-16-18-20-22-24-26-28-30-32-34-36-38-40-42-44-46-47-49-50-52-54-56-58-60-62-64-66-68-70-72-74-76-78-80-82-84-86-93(98)103-90-92(91-104-96(95(100)101)102-89-88-97(3,4)5)105-94(99)87-85-83-81-79-77-75-73-71-69-67-65-63-61-59-57-55-53-51-48-45-43-41-39-37-35-33-31-29-27-25-23-21-19-17-15-13-11-9-7-2/h8-11,14-17,20-23,26-29,32-35,38-41,45,48,53,55,59,61,65,67,71,73,92,96H,6-7,12-13,18-19,24-25,30-31,36-37,42-44,46-47,49-52,54,56-58,60,62-64,66,68-70,72,74-91H2,1-5H3/p+1/b10-8-,11-9-,16-14-,17-15-,22-20-,23-21-,28-26-,29-27-,34-32-,35-33-,40-38-,41-39-,48-45-,55-53-,61-59-,67-65-,73-71-. The number of nitrogens with zero attached hydrogens (tertiary/aromatic N) is 1. The zero-order valence-corrected chi connectivity index (χ0v) is 67.8. The monoisotopic (exact) mass is 1450 g/mol. The number of quaternary nitrogens is 1. The van der Waals surface area contributed by atoms with Gasteiger partial charge < -0.3 is 28.5 Å². The van der Waals surface area contributed by atoms with Crippen LogP contribution in [-0.4, -0.2) is 87.4 Å². The third-order valence-electron chi connectivity index (χ3n) is 17.5. The maximum absolute atomic E-state index is 13.0. The highest BCUT2D eigenvalue weighted by Crippen LogP contribution is 2.18. The number of unbranched alkanes of at least 4 members (excludes halogenated alkanes) is 27. The Morgan fingerprint density at radius 3 is 0.762 bits per heavy atom. The van der Waals surface area contributed by atoms with E-state index in [0.717, 1.165) is 161 Å². The minimum Gasteiger partial charge on any atom is -0.477 e. The number of carboxylic acids is 1. The van der Waals surface area contributed by atoms with Gasteiger partial charge in [0.25, 0.3) is 6.29 Å². The molecule has 592 valence electrons. The SMILES string of the molecule is CC/C=C\C/C=C\C/C=C\C/C=C\C/C=C\C/C=C\C/C=C\C/C=C\C/C=C\C/C=C\C/C=C\CCCCCCCC(=O)OC(COC(=O)CCCCCCCCCCCCCCCCCCCCCCCC/C=C\C/C=C\C/C=C\C/C=C\C/C=C\C/C=C\CC)COC(OCC[N+](C)(C)C)C(=O)O. The molecule has 105 heavy (non-hydrogen) atoms. The maximum Gasteiger partial charge on any atom is 0.361 e. The van der Waals surface area contributed by atoms with E-state index in [9.17, 15) is 19.5 Å². The predicted octanol–water partition coefficient (Wildman–Crippen LogP) is 27.8. The maximum atomic E-state index is 13.0. The number of carbonyl (C=O) groups excluding carboxylic acids is 2. The molecule has 0 aromatic carbocycles. The molecule has 0 aromatic heterocycles. The Bertz CT molecular complexity index is 2500. The molecule has 0 aliphatic rings. The van der Waals surface area contributed by atoms with Crippen molar-refractivity contribution in [3.8, 4) is 0 Å². The van der Waals surface area contributed by atoms with Gasteiger partial charge in [0.15, 0.2) is 6.10 Å². The Morgan fingerprint density at radius 1 is 0.286 bits per heavy atom. The van der Waals surface area contributed by atoms with Crippen LogP contribution in [0.3, 0.4) is 0 Å². The molecule has 2 atom stereocenters. The fraction of sp³-hybridized carbons (Fsp3) is 0.615. The summed E-state index contributed by atoms with van der Waals surface area (Å²) in [6.07, 6.45) is 127. The molecule has 1 N–H and O–H groups in total. The number of rotatable bonds is 76. The van der Waals surface area contributed by atoms with Gasteiger partial charge in [0.05, 0.1) is 34.4 Å². The summed E-state index contributed by atoms with van der Waals surface area (Å²) < 4.78 is 23.0. The fourth-order valence-electron chi connectivity index (χ4n) is 11.2. The summed E-state index contributed by atoms with van der Waals surface area (Å²) in [5.41, 5.74) is 0. The molecule has 0 heterocycles. The Kier molecular flexibility index (Phi) is 78.6. The van der Waals surface area contributed by atoms with E-state index in [0.29, 0.717) is 17.4 Å². The molecule has 0 radical (unpaired) electrons. The lowest BCUT2D eigenvalue weighted by Crippen LogP contribution is -2.40. The number of esters is 2. The highest BCUT2D eigenvalue weighted by molar-refractivity contribution is 5.71. The van der Waals surface area contributed by atoms with Crippen molar-refractivity contribution >= 4 is 17.9 Å². The Hall–Kier alpha value is -6.13. The van der Waals surface area contributed by atoms with Gasteiger partial charge in [-0.2, -0.15) is 0 Å². The minimum absolute atomic E-state index is 0.175. The minimum atomic E-state index is -1.53. The summed E-state index contributed by atoms with van der Waals surface area (Å²) in [5.74, 6) is -2.04. The largest absolute Gasteiger partial charge is 0.477 e. The average Bonchev–Trinajstić information content (AvgIpc) is 1.97. The van der Waals surface area contributed by atoms with Crippen LogP contribution in [0.5, 0.6) is 0 Å². The molecule has 0 aliphatic heterocycles. The average molecular weight is 1450 g/mol. The van der Waals surface area contributed by atoms with Crippen LogP contribution >= 0.6 is 0 Å². The lowest BCUT2D eigenvalue weighted by Gasteiger charge is -2.25. The van der Waals surface area contributed by atoms with Crippen LogP contribution < -0.4 is 0 Å². The molecule has 0 amide bonds. The number of allylic oxidation sites excluding steroid dienone is 34. The molecule has 0 spiro atoms. The van der Waals surface area contributed by atoms with Gasteiger partial charge in [-0.1, -0.05) is 368 Å². The number of ether oxygens (including phenoxy) is 4. The summed E-state index contributed by atoms with van der Waals surface area (Å²) >= 11 is 0. The Balaban J connectivity index is 4.09. The van der Waals surface area contributed by atoms with Gasteiger partial charge in [-0.15, -0.1) is 0 Å². The molecule has 0 saturated carbocycles. The molecular weight excluding hydrogens is 1300 g/mol. The first-order chi connectivity index (χ1) is 51.6. The molecule has 9 heteroatoms. The number of aliphatic carboxylic acids is 1. The van der Waals surface area contributed by atoms with Crippen molar-refractivity contribution in [2.45, 2.75) is 334 Å². The predicted molar refractivity (Wildman–Crippen MR) is 455 cm³/mol. The van der Waals surface area contributed by atoms with E-state index in [2.05, 4.69) is 220 Å². The van der Waals surface area contributed by atoms with E-state index in [1.165, 1.54) is 128 Å². The quantitative estimate of drug-likeness (QED) is 0.0211. The number of likely N-dealkylation sites (N-methyl/N-ethyl adjacent to an activating group) is 1. The van der Waals surface area contributed by atoms with E-state index < -0.39 is 24.3 Å². The van der Waals surface area contributed by atoms with E-state index in [4.69, 9.17) is 18.9 Å². The molecular formula is C96H156NO8+. The van der Waals surface area contributed by atoms with Gasteiger partial charge >= 0.3 is 17.9 Å². The van der Waals surface area contributed by atoms with E-state index >= 15 is 0 Å². The third-order valence-corrected chi connectivity index (χ3v) is 17.5. The molecule has 9 nitrogen and oxygen atoms in total. The van der Waals surface area contributed by atoms with Crippen molar-refractivity contribution in [2.75, 3.05) is 47.5 Å². The lowest BCUT2D eigenvalue weighted by atomic mass is 10.0. The molecule has 0 bridgehead atoms. The van der Waals surface area contributed by atoms with Gasteiger partial charge in [-0.05, 0) is 148 Å². The van der Waals surface area contributed by atoms with Crippen LogP contribution in [0.25, 0.3) is 0 Å². The van der Waals surface area contributed by atoms with E-state index in [-0.39, 0.29) is 38.6 Å². The molecule has 0 fully saturated rings. The first-order valence-electron chi connectivity index (χ1n) is 42.2. The zero-order valence-electron chi connectivity index (χ0n) is 67.8. The smallest absolute Gasteiger partial charge is 0.361 e. The van der Waals surface area contributed by atoms with Crippen LogP contribution in [0.1, 0.15) is 322 Å².